The second kappa shape index (κ2) is 8.97. The van der Waals surface area contributed by atoms with Crippen molar-refractivity contribution in [2.45, 2.75) is 45.8 Å². The monoisotopic (exact) mass is 452 g/mol. The highest BCUT2D eigenvalue weighted by Crippen LogP contribution is 2.28. The summed E-state index contributed by atoms with van der Waals surface area (Å²) in [5.41, 5.74) is 4.79. The fourth-order valence-corrected chi connectivity index (χ4v) is 4.99. The number of methoxy groups -OCH3 is 1. The minimum Gasteiger partial charge on any atom is -0.383 e. The number of nitrogens with zero attached hydrogens (tertiary/aromatic N) is 7. The molecule has 1 fully saturated rings. The Balaban J connectivity index is 1.38. The first-order valence-corrected chi connectivity index (χ1v) is 11.7. The number of anilines is 2. The molecule has 32 heavy (non-hydrogen) atoms. The Morgan fingerprint density at radius 3 is 3.00 bits per heavy atom. The summed E-state index contributed by atoms with van der Waals surface area (Å²) in [6.07, 6.45) is 10.2. The van der Waals surface area contributed by atoms with E-state index in [4.69, 9.17) is 9.72 Å². The molecular weight excluding hydrogens is 424 g/mol. The van der Waals surface area contributed by atoms with Gasteiger partial charge in [0.25, 0.3) is 0 Å². The number of imidazole rings is 1. The molecule has 1 N–H and O–H groups in total. The minimum absolute atomic E-state index is 0.483. The van der Waals surface area contributed by atoms with Crippen LogP contribution in [0.1, 0.15) is 31.2 Å². The van der Waals surface area contributed by atoms with Gasteiger partial charge in [-0.1, -0.05) is 0 Å². The van der Waals surface area contributed by atoms with E-state index in [1.165, 1.54) is 24.4 Å². The largest absolute Gasteiger partial charge is 0.383 e. The maximum Gasteiger partial charge on any atom is 0.180 e. The summed E-state index contributed by atoms with van der Waals surface area (Å²) >= 11 is 1.46. The van der Waals surface area contributed by atoms with Gasteiger partial charge in [0, 0.05) is 44.2 Å². The molecule has 1 atom stereocenters. The van der Waals surface area contributed by atoms with Crippen molar-refractivity contribution in [2.24, 2.45) is 0 Å². The lowest BCUT2D eigenvalue weighted by molar-refractivity contribution is 0.111. The second-order valence-corrected chi connectivity index (χ2v) is 8.99. The highest BCUT2D eigenvalue weighted by molar-refractivity contribution is 7.10. The van der Waals surface area contributed by atoms with Gasteiger partial charge in [0.05, 0.1) is 36.1 Å². The van der Waals surface area contributed by atoms with E-state index in [0.29, 0.717) is 6.04 Å². The molecule has 1 saturated heterocycles. The van der Waals surface area contributed by atoms with Crippen LogP contribution in [0.25, 0.3) is 16.9 Å². The highest BCUT2D eigenvalue weighted by atomic mass is 32.1. The molecule has 4 aromatic heterocycles. The van der Waals surface area contributed by atoms with Gasteiger partial charge >= 0.3 is 0 Å². The number of hydrogen-bond acceptors (Lipinski definition) is 8. The van der Waals surface area contributed by atoms with Gasteiger partial charge in [0.15, 0.2) is 11.5 Å². The Kier molecular flexibility index (Phi) is 5.90. The van der Waals surface area contributed by atoms with Crippen molar-refractivity contribution in [3.05, 3.63) is 42.2 Å². The van der Waals surface area contributed by atoms with Crippen LogP contribution in [0.4, 0.5) is 10.8 Å². The van der Waals surface area contributed by atoms with Crippen molar-refractivity contribution in [1.29, 1.82) is 0 Å². The minimum atomic E-state index is 0.483. The first kappa shape index (κ1) is 21.0. The number of ether oxygens (including phenoxy) is 1. The van der Waals surface area contributed by atoms with Gasteiger partial charge in [-0.05, 0) is 50.8 Å². The summed E-state index contributed by atoms with van der Waals surface area (Å²) in [7, 11) is 1.77. The standard InChI is InChI=1S/C22H28N8OS/c1-4-29-12-16(9-24-29)19-10-23-22-21(25-15(2)11-30(19)22)26-20-8-17(27-32-20)13-28-7-5-6-18(28)14-31-3/h8-12,18H,4-7,13-14H2,1-3H3,(H,25,26). The predicted molar refractivity (Wildman–Crippen MR) is 125 cm³/mol. The molecule has 1 unspecified atom stereocenters. The Morgan fingerprint density at radius 1 is 1.28 bits per heavy atom. The smallest absolute Gasteiger partial charge is 0.180 e. The molecule has 168 valence electrons. The maximum absolute atomic E-state index is 5.38. The molecule has 9 nitrogen and oxygen atoms in total. The Bertz CT molecular complexity index is 1210. The lowest BCUT2D eigenvalue weighted by Gasteiger charge is -2.22. The lowest BCUT2D eigenvalue weighted by Crippen LogP contribution is -2.32. The molecule has 0 aromatic carbocycles. The fraction of sp³-hybridized carbons (Fsp3) is 0.455. The Morgan fingerprint density at radius 2 is 2.19 bits per heavy atom. The van der Waals surface area contributed by atoms with E-state index in [0.717, 1.165) is 65.4 Å². The summed E-state index contributed by atoms with van der Waals surface area (Å²) in [5.74, 6) is 0.729. The van der Waals surface area contributed by atoms with Crippen LogP contribution in [0.2, 0.25) is 0 Å². The summed E-state index contributed by atoms with van der Waals surface area (Å²) < 4.78 is 14.0. The van der Waals surface area contributed by atoms with E-state index in [9.17, 15) is 0 Å². The van der Waals surface area contributed by atoms with E-state index in [2.05, 4.69) is 42.1 Å². The summed E-state index contributed by atoms with van der Waals surface area (Å²) in [4.78, 5) is 11.8. The molecule has 4 aromatic rings. The predicted octanol–water partition coefficient (Wildman–Crippen LogP) is 3.73. The van der Waals surface area contributed by atoms with Gasteiger partial charge in [0.1, 0.15) is 5.00 Å². The zero-order chi connectivity index (χ0) is 22.1. The SMILES string of the molecule is CCn1cc(-c2cnc3c(Nc4cc(CN5CCCC5COC)ns4)nc(C)cn23)cn1. The third-order valence-corrected chi connectivity index (χ3v) is 6.63. The fourth-order valence-electron chi connectivity index (χ4n) is 4.33. The van der Waals surface area contributed by atoms with Crippen molar-refractivity contribution in [3.8, 4) is 11.3 Å². The maximum atomic E-state index is 5.38. The van der Waals surface area contributed by atoms with Gasteiger partial charge in [0.2, 0.25) is 0 Å². The van der Waals surface area contributed by atoms with Crippen molar-refractivity contribution in [2.75, 3.05) is 25.6 Å². The average molecular weight is 453 g/mol. The molecule has 0 aliphatic carbocycles. The third-order valence-electron chi connectivity index (χ3n) is 5.89. The van der Waals surface area contributed by atoms with E-state index in [-0.39, 0.29) is 0 Å². The number of likely N-dealkylation sites (tertiary alicyclic amines) is 1. The quantitative estimate of drug-likeness (QED) is 0.436. The van der Waals surface area contributed by atoms with Gasteiger partial charge in [-0.25, -0.2) is 9.97 Å². The number of fused-ring (bicyclic) bond motifs is 1. The number of aromatic nitrogens is 6. The van der Waals surface area contributed by atoms with E-state index in [1.807, 2.05) is 36.4 Å². The van der Waals surface area contributed by atoms with Crippen LogP contribution >= 0.6 is 11.5 Å². The van der Waals surface area contributed by atoms with Crippen molar-refractivity contribution >= 4 is 28.0 Å². The molecule has 0 spiro atoms. The average Bonchev–Trinajstić information content (AvgIpc) is 3.56. The zero-order valence-corrected chi connectivity index (χ0v) is 19.5. The molecule has 0 bridgehead atoms. The second-order valence-electron chi connectivity index (χ2n) is 8.18. The van der Waals surface area contributed by atoms with E-state index < -0.39 is 0 Å². The first-order chi connectivity index (χ1) is 15.6. The van der Waals surface area contributed by atoms with E-state index >= 15 is 0 Å². The Labute approximate surface area is 191 Å². The molecule has 1 aliphatic heterocycles. The first-order valence-electron chi connectivity index (χ1n) is 11.0. The molecular formula is C22H28N8OS. The topological polar surface area (TPSA) is 85.4 Å². The number of hydrogen-bond donors (Lipinski definition) is 1. The van der Waals surface area contributed by atoms with Crippen LogP contribution < -0.4 is 5.32 Å². The normalized spacial score (nSPS) is 16.9. The van der Waals surface area contributed by atoms with Gasteiger partial charge < -0.3 is 10.1 Å². The van der Waals surface area contributed by atoms with Crippen molar-refractivity contribution in [1.82, 2.24) is 33.4 Å². The Hall–Kier alpha value is -2.82. The summed E-state index contributed by atoms with van der Waals surface area (Å²) in [6.45, 7) is 7.62. The van der Waals surface area contributed by atoms with E-state index in [1.54, 1.807) is 7.11 Å². The summed E-state index contributed by atoms with van der Waals surface area (Å²) in [5, 5.41) is 8.81. The van der Waals surface area contributed by atoms with Gasteiger partial charge in [-0.3, -0.25) is 14.0 Å². The summed E-state index contributed by atoms with van der Waals surface area (Å²) in [6, 6.07) is 2.60. The lowest BCUT2D eigenvalue weighted by atomic mass is 10.2. The van der Waals surface area contributed by atoms with Crippen LogP contribution in [-0.2, 0) is 17.8 Å². The van der Waals surface area contributed by atoms with Crippen LogP contribution in [0.15, 0.2) is 30.9 Å². The number of rotatable bonds is 8. The molecule has 1 aliphatic rings. The molecule has 0 saturated carbocycles. The van der Waals surface area contributed by atoms with Crippen LogP contribution in [0.5, 0.6) is 0 Å². The highest BCUT2D eigenvalue weighted by Gasteiger charge is 2.25. The molecule has 0 amide bonds. The molecule has 5 rings (SSSR count). The van der Waals surface area contributed by atoms with Gasteiger partial charge in [-0.2, -0.15) is 9.47 Å². The number of nitrogens with one attached hydrogen (secondary N) is 1. The van der Waals surface area contributed by atoms with Crippen molar-refractivity contribution < 1.29 is 4.74 Å². The van der Waals surface area contributed by atoms with Crippen LogP contribution in [-0.4, -0.2) is 59.7 Å². The molecule has 0 radical (unpaired) electrons. The van der Waals surface area contributed by atoms with Gasteiger partial charge in [-0.15, -0.1) is 0 Å². The molecule has 10 heteroatoms. The third kappa shape index (κ3) is 4.13. The number of aryl methyl sites for hydroxylation is 2. The van der Waals surface area contributed by atoms with Crippen molar-refractivity contribution in [3.63, 3.8) is 0 Å². The van der Waals surface area contributed by atoms with Crippen LogP contribution in [0.3, 0.4) is 0 Å². The van der Waals surface area contributed by atoms with Crippen LogP contribution in [0, 0.1) is 6.92 Å². The zero-order valence-electron chi connectivity index (χ0n) is 18.7. The molecule has 5 heterocycles.